The van der Waals surface area contributed by atoms with Gasteiger partial charge in [-0.1, -0.05) is 24.3 Å². The van der Waals surface area contributed by atoms with Crippen molar-refractivity contribution in [3.05, 3.63) is 133 Å². The van der Waals surface area contributed by atoms with E-state index in [1.807, 2.05) is 86.9 Å². The minimum Gasteiger partial charge on any atom is -0.484 e. The van der Waals surface area contributed by atoms with Crippen LogP contribution in [-0.4, -0.2) is 41.3 Å². The Morgan fingerprint density at radius 1 is 0.907 bits per heavy atom. The number of benzene rings is 3. The quantitative estimate of drug-likeness (QED) is 0.201. The number of para-hydroxylation sites is 1. The van der Waals surface area contributed by atoms with Gasteiger partial charge in [0.05, 0.1) is 11.7 Å². The third-order valence-corrected chi connectivity index (χ3v) is 7.68. The number of nitrogens with one attached hydrogen (secondary N) is 2. The summed E-state index contributed by atoms with van der Waals surface area (Å²) in [7, 11) is 4.07. The fourth-order valence-electron chi connectivity index (χ4n) is 5.28. The van der Waals surface area contributed by atoms with E-state index in [0.29, 0.717) is 16.5 Å². The van der Waals surface area contributed by atoms with Crippen LogP contribution in [0.25, 0.3) is 5.69 Å². The van der Waals surface area contributed by atoms with Crippen molar-refractivity contribution in [3.63, 3.8) is 0 Å². The molecule has 1 saturated heterocycles. The van der Waals surface area contributed by atoms with Crippen molar-refractivity contribution in [1.82, 2.24) is 14.9 Å². The Morgan fingerprint density at radius 2 is 1.63 bits per heavy atom. The molecule has 216 valence electrons. The molecule has 2 atom stereocenters. The van der Waals surface area contributed by atoms with Gasteiger partial charge in [-0.15, -0.1) is 0 Å². The summed E-state index contributed by atoms with van der Waals surface area (Å²) >= 11 is 5.93. The van der Waals surface area contributed by atoms with Crippen LogP contribution >= 0.6 is 12.2 Å². The largest absolute Gasteiger partial charge is 0.484 e. The molecule has 0 unspecified atom stereocenters. The zero-order valence-corrected chi connectivity index (χ0v) is 24.7. The fraction of sp³-hybridized carbons (Fsp3) is 0.147. The number of thiocarbonyl (C=S) groups is 1. The minimum atomic E-state index is -0.235. The molecular weight excluding hydrogens is 556 g/mol. The molecule has 1 amide bonds. The Balaban J connectivity index is 1.28. The van der Waals surface area contributed by atoms with Crippen LogP contribution in [0.15, 0.2) is 122 Å². The Morgan fingerprint density at radius 3 is 2.33 bits per heavy atom. The van der Waals surface area contributed by atoms with Crippen LogP contribution in [0.2, 0.25) is 0 Å². The van der Waals surface area contributed by atoms with Crippen molar-refractivity contribution in [2.24, 2.45) is 0 Å². The second-order valence-electron chi connectivity index (χ2n) is 10.4. The van der Waals surface area contributed by atoms with E-state index in [9.17, 15) is 4.79 Å². The van der Waals surface area contributed by atoms with Gasteiger partial charge in [0.25, 0.3) is 5.91 Å². The molecule has 0 aliphatic carbocycles. The maximum Gasteiger partial charge on any atom is 0.262 e. The number of hydrogen-bond acceptors (Lipinski definition) is 5. The summed E-state index contributed by atoms with van der Waals surface area (Å²) in [5.41, 5.74) is 5.72. The number of anilines is 3. The second-order valence-corrected chi connectivity index (χ2v) is 10.8. The van der Waals surface area contributed by atoms with Crippen molar-refractivity contribution in [1.29, 1.82) is 0 Å². The monoisotopic (exact) mass is 588 g/mol. The summed E-state index contributed by atoms with van der Waals surface area (Å²) < 4.78 is 7.78. The van der Waals surface area contributed by atoms with Crippen LogP contribution in [-0.2, 0) is 4.79 Å². The Labute approximate surface area is 256 Å². The maximum atomic E-state index is 12.5. The first kappa shape index (κ1) is 28.0. The molecule has 0 saturated carbocycles. The molecule has 0 bridgehead atoms. The lowest BCUT2D eigenvalue weighted by atomic mass is 10.0. The van der Waals surface area contributed by atoms with E-state index < -0.39 is 0 Å². The molecule has 9 heteroatoms. The highest BCUT2D eigenvalue weighted by Gasteiger charge is 2.42. The smallest absolute Gasteiger partial charge is 0.262 e. The number of ether oxygens (including phenoxy) is 1. The first-order valence-electron chi connectivity index (χ1n) is 14.0. The van der Waals surface area contributed by atoms with Gasteiger partial charge in [-0.3, -0.25) is 9.78 Å². The van der Waals surface area contributed by atoms with Gasteiger partial charge in [-0.25, -0.2) is 0 Å². The van der Waals surface area contributed by atoms with E-state index in [2.05, 4.69) is 72.6 Å². The van der Waals surface area contributed by atoms with Crippen molar-refractivity contribution >= 4 is 40.3 Å². The Kier molecular flexibility index (Phi) is 8.06. The van der Waals surface area contributed by atoms with E-state index in [-0.39, 0.29) is 24.6 Å². The average molecular weight is 589 g/mol. The van der Waals surface area contributed by atoms with Gasteiger partial charge in [0, 0.05) is 54.9 Å². The third kappa shape index (κ3) is 6.07. The topological polar surface area (TPSA) is 74.7 Å². The van der Waals surface area contributed by atoms with Crippen LogP contribution < -0.4 is 25.2 Å². The molecule has 6 rings (SSSR count). The van der Waals surface area contributed by atoms with Gasteiger partial charge in [0.15, 0.2) is 11.7 Å². The highest BCUT2D eigenvalue weighted by Crippen LogP contribution is 2.42. The van der Waals surface area contributed by atoms with E-state index in [1.54, 1.807) is 6.20 Å². The summed E-state index contributed by atoms with van der Waals surface area (Å²) in [6, 6.07) is 35.2. The summed E-state index contributed by atoms with van der Waals surface area (Å²) in [6.07, 6.45) is 3.88. The van der Waals surface area contributed by atoms with Crippen molar-refractivity contribution < 1.29 is 9.53 Å². The lowest BCUT2D eigenvalue weighted by Crippen LogP contribution is -2.30. The highest BCUT2D eigenvalue weighted by atomic mass is 32.1. The number of amides is 1. The van der Waals surface area contributed by atoms with E-state index in [0.717, 1.165) is 28.5 Å². The molecule has 1 fully saturated rings. The van der Waals surface area contributed by atoms with Crippen molar-refractivity contribution in [2.75, 3.05) is 35.8 Å². The molecule has 2 aromatic heterocycles. The standard InChI is InChI=1S/C34H32N6O2S/c1-38(2)25-17-19-26(20-18-25)39-22-8-12-30(39)33-32(29-11-6-7-21-35-29)37-34(43)40(33)27-15-13-24(14-16-27)36-31(41)23-42-28-9-4-3-5-10-28/h3-22,32-33H,23H2,1-2H3,(H,36,41)(H,37,43)/t32-,33+/m0/s1. The predicted octanol–water partition coefficient (Wildman–Crippen LogP) is 6.13. The number of carbonyl (C=O) groups excluding carboxylic acids is 1. The minimum absolute atomic E-state index is 0.0771. The summed E-state index contributed by atoms with van der Waals surface area (Å²) in [4.78, 5) is 21.4. The van der Waals surface area contributed by atoms with Crippen LogP contribution in [0, 0.1) is 0 Å². The number of rotatable bonds is 9. The van der Waals surface area contributed by atoms with Gasteiger partial charge in [-0.2, -0.15) is 0 Å². The zero-order chi connectivity index (χ0) is 29.8. The molecule has 43 heavy (non-hydrogen) atoms. The van der Waals surface area contributed by atoms with Crippen LogP contribution in [0.1, 0.15) is 23.5 Å². The lowest BCUT2D eigenvalue weighted by molar-refractivity contribution is -0.118. The molecule has 8 nitrogen and oxygen atoms in total. The molecule has 3 heterocycles. The van der Waals surface area contributed by atoms with E-state index in [4.69, 9.17) is 17.0 Å². The summed E-state index contributed by atoms with van der Waals surface area (Å²) in [6.45, 7) is -0.0771. The molecule has 0 spiro atoms. The number of aromatic nitrogens is 2. The molecule has 3 aromatic carbocycles. The molecule has 1 aliphatic heterocycles. The second kappa shape index (κ2) is 12.4. The first-order chi connectivity index (χ1) is 21.0. The van der Waals surface area contributed by atoms with Crippen molar-refractivity contribution in [3.8, 4) is 11.4 Å². The van der Waals surface area contributed by atoms with Crippen LogP contribution in [0.5, 0.6) is 5.75 Å². The number of hydrogen-bond donors (Lipinski definition) is 2. The summed E-state index contributed by atoms with van der Waals surface area (Å²) in [5.74, 6) is 0.413. The van der Waals surface area contributed by atoms with Crippen LogP contribution in [0.3, 0.4) is 0 Å². The first-order valence-corrected chi connectivity index (χ1v) is 14.4. The molecule has 2 N–H and O–H groups in total. The SMILES string of the molecule is CN(C)c1ccc(-n2cccc2[C@@H]2[C@H](c3ccccn3)NC(=S)N2c2ccc(NC(=O)COc3ccccc3)cc2)cc1. The molecule has 5 aromatic rings. The Hall–Kier alpha value is -5.15. The Bertz CT molecular complexity index is 1690. The van der Waals surface area contributed by atoms with Gasteiger partial charge in [0.1, 0.15) is 11.8 Å². The average Bonchev–Trinajstić information content (AvgIpc) is 3.66. The molecule has 0 radical (unpaired) electrons. The van der Waals surface area contributed by atoms with Crippen LogP contribution in [0.4, 0.5) is 17.1 Å². The van der Waals surface area contributed by atoms with Gasteiger partial charge in [-0.05, 0) is 97.1 Å². The fourth-order valence-corrected chi connectivity index (χ4v) is 5.63. The maximum absolute atomic E-state index is 12.5. The number of carbonyl (C=O) groups is 1. The van der Waals surface area contributed by atoms with Gasteiger partial charge < -0.3 is 29.7 Å². The normalized spacial score (nSPS) is 16.0. The lowest BCUT2D eigenvalue weighted by Gasteiger charge is -2.29. The molecular formula is C34H32N6O2S. The molecule has 1 aliphatic rings. The van der Waals surface area contributed by atoms with Gasteiger partial charge in [0.2, 0.25) is 0 Å². The summed E-state index contributed by atoms with van der Waals surface area (Å²) in [5, 5.41) is 7.04. The highest BCUT2D eigenvalue weighted by molar-refractivity contribution is 7.80. The third-order valence-electron chi connectivity index (χ3n) is 7.37. The van der Waals surface area contributed by atoms with E-state index in [1.165, 1.54) is 0 Å². The van der Waals surface area contributed by atoms with Crippen molar-refractivity contribution in [2.45, 2.75) is 12.1 Å². The number of pyridine rings is 1. The predicted molar refractivity (Wildman–Crippen MR) is 175 cm³/mol. The van der Waals surface area contributed by atoms with Gasteiger partial charge >= 0.3 is 0 Å². The number of nitrogens with zero attached hydrogens (tertiary/aromatic N) is 4. The van der Waals surface area contributed by atoms with E-state index >= 15 is 0 Å². The zero-order valence-electron chi connectivity index (χ0n) is 23.9.